The number of ether oxygens (including phenoxy) is 1. The molecule has 9 rings (SSSR count). The fourth-order valence-corrected chi connectivity index (χ4v) is 8.76. The molecule has 2 aromatic heterocycles. The fourth-order valence-electron chi connectivity index (χ4n) is 8.76. The normalized spacial score (nSPS) is 11.5. The highest BCUT2D eigenvalue weighted by Crippen LogP contribution is 2.43. The van der Waals surface area contributed by atoms with E-state index in [0.29, 0.717) is 24.5 Å². The van der Waals surface area contributed by atoms with Gasteiger partial charge in [-0.2, -0.15) is 0 Å². The van der Waals surface area contributed by atoms with Gasteiger partial charge < -0.3 is 9.30 Å². The molecule has 0 atom stereocenters. The Balaban J connectivity index is 1.02. The van der Waals surface area contributed by atoms with Crippen LogP contribution in [-0.2, 0) is 24.9 Å². The molecule has 10 heteroatoms. The number of aromatic nitrogens is 6. The average molecular weight is 843 g/mol. The number of benzene rings is 7. The van der Waals surface area contributed by atoms with Gasteiger partial charge in [-0.3, -0.25) is 10.2 Å². The first kappa shape index (κ1) is 41.7. The minimum absolute atomic E-state index is 0.188. The van der Waals surface area contributed by atoms with E-state index in [9.17, 15) is 4.79 Å². The van der Waals surface area contributed by atoms with Crippen molar-refractivity contribution in [2.75, 3.05) is 13.7 Å². The number of rotatable bonds is 16. The lowest BCUT2D eigenvalue weighted by molar-refractivity contribution is 0.0933. The molecule has 0 saturated heterocycles. The van der Waals surface area contributed by atoms with E-state index in [2.05, 4.69) is 143 Å². The van der Waals surface area contributed by atoms with Crippen molar-refractivity contribution in [1.29, 1.82) is 0 Å². The minimum Gasteiger partial charge on any atom is -0.497 e. The zero-order chi connectivity index (χ0) is 43.9. The van der Waals surface area contributed by atoms with Gasteiger partial charge in [0.2, 0.25) is 0 Å². The Morgan fingerprint density at radius 1 is 0.688 bits per heavy atom. The van der Waals surface area contributed by atoms with Crippen molar-refractivity contribution in [3.05, 3.63) is 221 Å². The molecule has 2 N–H and O–H groups in total. The van der Waals surface area contributed by atoms with E-state index in [4.69, 9.17) is 20.0 Å². The van der Waals surface area contributed by atoms with Gasteiger partial charge in [-0.1, -0.05) is 159 Å². The van der Waals surface area contributed by atoms with Crippen LogP contribution >= 0.6 is 0 Å². The second kappa shape index (κ2) is 18.7. The molecule has 0 spiro atoms. The molecule has 64 heavy (non-hydrogen) atoms. The highest BCUT2D eigenvalue weighted by Gasteiger charge is 2.42. The highest BCUT2D eigenvalue weighted by atomic mass is 16.5. The van der Waals surface area contributed by atoms with E-state index in [1.54, 1.807) is 7.11 Å². The molecule has 0 aliphatic carbocycles. The Labute approximate surface area is 373 Å². The molecule has 0 fully saturated rings. The lowest BCUT2D eigenvalue weighted by Crippen LogP contribution is -2.39. The summed E-state index contributed by atoms with van der Waals surface area (Å²) in [6, 6.07) is 60.2. The number of amides is 1. The molecule has 2 heterocycles. The summed E-state index contributed by atoms with van der Waals surface area (Å²) in [6.07, 6.45) is 2.53. The maximum Gasteiger partial charge on any atom is 0.265 e. The van der Waals surface area contributed by atoms with Gasteiger partial charge in [-0.15, -0.1) is 5.10 Å². The summed E-state index contributed by atoms with van der Waals surface area (Å²) < 4.78 is 9.51. The molecular formula is C54H50N8O2. The molecule has 318 valence electrons. The van der Waals surface area contributed by atoms with Gasteiger partial charge in [0, 0.05) is 30.6 Å². The SMILES string of the molecule is CCCc1nc2c(C)cc(C(=O)NNCCc3ccc(OC)cc3)cc2n1Cc1ccc(-c2ccccc2-c2nnnn2C(c2ccccc2)(c2ccccc2)c2ccccc2)cc1. The Kier molecular flexibility index (Phi) is 12.2. The molecule has 0 unspecified atom stereocenters. The summed E-state index contributed by atoms with van der Waals surface area (Å²) in [7, 11) is 1.66. The van der Waals surface area contributed by atoms with Gasteiger partial charge in [0.1, 0.15) is 17.1 Å². The fraction of sp³-hybridized carbons (Fsp3) is 0.167. The van der Waals surface area contributed by atoms with Crippen LogP contribution < -0.4 is 15.6 Å². The first-order valence-electron chi connectivity index (χ1n) is 21.8. The molecule has 0 radical (unpaired) electrons. The Morgan fingerprint density at radius 3 is 1.89 bits per heavy atom. The van der Waals surface area contributed by atoms with Crippen molar-refractivity contribution in [1.82, 2.24) is 40.6 Å². The zero-order valence-corrected chi connectivity index (χ0v) is 36.3. The van der Waals surface area contributed by atoms with Crippen LogP contribution in [0.3, 0.4) is 0 Å². The number of fused-ring (bicyclic) bond motifs is 1. The van der Waals surface area contributed by atoms with E-state index in [-0.39, 0.29) is 5.91 Å². The smallest absolute Gasteiger partial charge is 0.265 e. The molecule has 0 aliphatic rings. The lowest BCUT2D eigenvalue weighted by Gasteiger charge is -2.36. The number of hydrazine groups is 1. The number of nitrogens with one attached hydrogen (secondary N) is 2. The highest BCUT2D eigenvalue weighted by molar-refractivity contribution is 5.98. The van der Waals surface area contributed by atoms with E-state index in [0.717, 1.165) is 91.9 Å². The number of hydrogen-bond acceptors (Lipinski definition) is 7. The predicted octanol–water partition coefficient (Wildman–Crippen LogP) is 9.99. The third-order valence-corrected chi connectivity index (χ3v) is 11.9. The van der Waals surface area contributed by atoms with Gasteiger partial charge >= 0.3 is 0 Å². The van der Waals surface area contributed by atoms with Crippen LogP contribution in [0.4, 0.5) is 0 Å². The van der Waals surface area contributed by atoms with E-state index in [1.807, 2.05) is 72.3 Å². The van der Waals surface area contributed by atoms with Crippen molar-refractivity contribution in [3.63, 3.8) is 0 Å². The third-order valence-electron chi connectivity index (χ3n) is 11.9. The number of aryl methyl sites for hydroxylation is 2. The van der Waals surface area contributed by atoms with Crippen molar-refractivity contribution >= 4 is 16.9 Å². The number of imidazole rings is 1. The molecular weight excluding hydrogens is 793 g/mol. The molecule has 9 aromatic rings. The summed E-state index contributed by atoms with van der Waals surface area (Å²) >= 11 is 0. The second-order valence-electron chi connectivity index (χ2n) is 16.0. The summed E-state index contributed by atoms with van der Waals surface area (Å²) in [6.45, 7) is 5.38. The van der Waals surface area contributed by atoms with Crippen LogP contribution in [0.2, 0.25) is 0 Å². The zero-order valence-electron chi connectivity index (χ0n) is 36.3. The van der Waals surface area contributed by atoms with Gasteiger partial charge in [0.25, 0.3) is 5.91 Å². The summed E-state index contributed by atoms with van der Waals surface area (Å²) in [5, 5.41) is 13.9. The van der Waals surface area contributed by atoms with Gasteiger partial charge in [-0.05, 0) is 99.0 Å². The van der Waals surface area contributed by atoms with Gasteiger partial charge in [0.15, 0.2) is 5.82 Å². The molecule has 0 saturated carbocycles. The third kappa shape index (κ3) is 8.19. The van der Waals surface area contributed by atoms with Crippen LogP contribution in [0.15, 0.2) is 176 Å². The van der Waals surface area contributed by atoms with Crippen molar-refractivity contribution in [2.24, 2.45) is 0 Å². The van der Waals surface area contributed by atoms with Crippen LogP contribution in [0.5, 0.6) is 5.75 Å². The topological polar surface area (TPSA) is 112 Å². The number of hydrogen-bond donors (Lipinski definition) is 2. The molecule has 0 aliphatic heterocycles. The lowest BCUT2D eigenvalue weighted by atomic mass is 9.77. The van der Waals surface area contributed by atoms with Crippen molar-refractivity contribution < 1.29 is 9.53 Å². The van der Waals surface area contributed by atoms with E-state index in [1.165, 1.54) is 0 Å². The number of carbonyl (C=O) groups excluding carboxylic acids is 1. The molecule has 0 bridgehead atoms. The summed E-state index contributed by atoms with van der Waals surface area (Å²) in [5.41, 5.74) is 16.9. The Morgan fingerprint density at radius 2 is 1.28 bits per heavy atom. The Bertz CT molecular complexity index is 2890. The van der Waals surface area contributed by atoms with Crippen molar-refractivity contribution in [2.45, 2.75) is 45.2 Å². The van der Waals surface area contributed by atoms with E-state index < -0.39 is 5.54 Å². The minimum atomic E-state index is -0.878. The molecule has 7 aromatic carbocycles. The average Bonchev–Trinajstić information content (AvgIpc) is 3.98. The van der Waals surface area contributed by atoms with Crippen molar-refractivity contribution in [3.8, 4) is 28.3 Å². The van der Waals surface area contributed by atoms with Gasteiger partial charge in [0.05, 0.1) is 18.1 Å². The van der Waals surface area contributed by atoms with Gasteiger partial charge in [-0.25, -0.2) is 15.1 Å². The number of tetrazole rings is 1. The number of carbonyl (C=O) groups is 1. The largest absolute Gasteiger partial charge is 0.497 e. The second-order valence-corrected chi connectivity index (χ2v) is 16.0. The van der Waals surface area contributed by atoms with Crippen LogP contribution in [0, 0.1) is 6.92 Å². The number of methoxy groups -OCH3 is 1. The first-order chi connectivity index (χ1) is 31.5. The standard InChI is InChI=1S/C54H50N8O2/c1-4-16-50-56-51-38(2)35-42(53(63)58-55-34-33-39-27-31-46(64-3)32-28-39)36-49(51)61(50)37-40-25-29-41(30-26-40)47-23-14-15-24-48(47)52-57-59-60-62(52)54(43-17-8-5-9-18-43,44-19-10-6-11-20-44)45-21-12-7-13-22-45/h5-15,17-32,35-36,55H,4,16,33-34,37H2,1-3H3,(H,58,63). The van der Waals surface area contributed by atoms with E-state index >= 15 is 0 Å². The summed E-state index contributed by atoms with van der Waals surface area (Å²) in [4.78, 5) is 18.6. The number of nitrogens with zero attached hydrogens (tertiary/aromatic N) is 6. The molecule has 1 amide bonds. The quantitative estimate of drug-likeness (QED) is 0.0566. The van der Waals surface area contributed by atoms with Crippen LogP contribution in [0.25, 0.3) is 33.5 Å². The maximum absolute atomic E-state index is 13.5. The predicted molar refractivity (Wildman–Crippen MR) is 253 cm³/mol. The Hall–Kier alpha value is -7.69. The summed E-state index contributed by atoms with van der Waals surface area (Å²) in [5.74, 6) is 2.27. The van der Waals surface area contributed by atoms with Crippen LogP contribution in [0.1, 0.15) is 62.9 Å². The molecule has 10 nitrogen and oxygen atoms in total. The first-order valence-corrected chi connectivity index (χ1v) is 21.8. The maximum atomic E-state index is 13.5. The monoisotopic (exact) mass is 842 g/mol. The van der Waals surface area contributed by atoms with Crippen LogP contribution in [-0.4, -0.2) is 49.3 Å².